The van der Waals surface area contributed by atoms with Crippen LogP contribution in [0.5, 0.6) is 0 Å². The van der Waals surface area contributed by atoms with Crippen LogP contribution in [0.2, 0.25) is 0 Å². The Balaban J connectivity index is 1.89. The van der Waals surface area contributed by atoms with Crippen molar-refractivity contribution in [2.24, 2.45) is 0 Å². The van der Waals surface area contributed by atoms with E-state index in [0.717, 1.165) is 0 Å². The molecule has 2 aromatic carbocycles. The van der Waals surface area contributed by atoms with Crippen molar-refractivity contribution in [3.63, 3.8) is 0 Å². The Morgan fingerprint density at radius 2 is 1.44 bits per heavy atom. The van der Waals surface area contributed by atoms with Crippen molar-refractivity contribution in [2.75, 3.05) is 0 Å². The largest absolute Gasteiger partial charge is 0.0622 e. The van der Waals surface area contributed by atoms with Crippen molar-refractivity contribution < 1.29 is 0 Å². The van der Waals surface area contributed by atoms with Gasteiger partial charge in [-0.2, -0.15) is 0 Å². The molecule has 0 atom stereocenters. The van der Waals surface area contributed by atoms with Crippen LogP contribution in [0.4, 0.5) is 0 Å². The van der Waals surface area contributed by atoms with E-state index in [2.05, 4.69) is 68.4 Å². The molecule has 94 valence electrons. The summed E-state index contributed by atoms with van der Waals surface area (Å²) in [6, 6.07) is 19.8. The molecule has 0 heterocycles. The molecule has 0 aliphatic carbocycles. The standard InChI is InChI=1S/C18H22/c1-15(2)18-13-7-12-17(14-18)11-6-10-16-8-4-3-5-9-16/h3-5,7-9,12-15H,6,10-11H2,1-2H3. The van der Waals surface area contributed by atoms with Gasteiger partial charge in [0.2, 0.25) is 0 Å². The number of hydrogen-bond donors (Lipinski definition) is 0. The summed E-state index contributed by atoms with van der Waals surface area (Å²) in [5, 5.41) is 0. The lowest BCUT2D eigenvalue weighted by Crippen LogP contribution is -1.93. The second-order valence-electron chi connectivity index (χ2n) is 5.24. The molecule has 18 heavy (non-hydrogen) atoms. The van der Waals surface area contributed by atoms with Crippen LogP contribution in [-0.2, 0) is 12.8 Å². The van der Waals surface area contributed by atoms with E-state index in [1.54, 1.807) is 0 Å². The second-order valence-corrected chi connectivity index (χ2v) is 5.24. The number of hydrogen-bond acceptors (Lipinski definition) is 0. The zero-order chi connectivity index (χ0) is 12.8. The van der Waals surface area contributed by atoms with Crippen LogP contribution in [0.15, 0.2) is 54.6 Å². The molecule has 0 fully saturated rings. The van der Waals surface area contributed by atoms with Crippen molar-refractivity contribution in [1.29, 1.82) is 0 Å². The molecular formula is C18H22. The van der Waals surface area contributed by atoms with Crippen molar-refractivity contribution >= 4 is 0 Å². The highest BCUT2D eigenvalue weighted by Crippen LogP contribution is 2.17. The van der Waals surface area contributed by atoms with Gasteiger partial charge >= 0.3 is 0 Å². The summed E-state index contributed by atoms with van der Waals surface area (Å²) in [5.41, 5.74) is 4.36. The van der Waals surface area contributed by atoms with E-state index in [-0.39, 0.29) is 0 Å². The molecule has 0 bridgehead atoms. The van der Waals surface area contributed by atoms with E-state index in [1.165, 1.54) is 36.0 Å². The summed E-state index contributed by atoms with van der Waals surface area (Å²) < 4.78 is 0. The number of rotatable bonds is 5. The third-order valence-corrected chi connectivity index (χ3v) is 3.39. The molecule has 0 heteroatoms. The van der Waals surface area contributed by atoms with Gasteiger partial charge in [-0.05, 0) is 41.9 Å². The Labute approximate surface area is 111 Å². The molecule has 2 rings (SSSR count). The van der Waals surface area contributed by atoms with Crippen LogP contribution in [0.1, 0.15) is 42.9 Å². The average Bonchev–Trinajstić information content (AvgIpc) is 2.40. The summed E-state index contributed by atoms with van der Waals surface area (Å²) in [6.07, 6.45) is 3.58. The highest BCUT2D eigenvalue weighted by Gasteiger charge is 2.00. The summed E-state index contributed by atoms with van der Waals surface area (Å²) in [4.78, 5) is 0. The average molecular weight is 238 g/mol. The van der Waals surface area contributed by atoms with Gasteiger partial charge in [0, 0.05) is 0 Å². The molecular weight excluding hydrogens is 216 g/mol. The Morgan fingerprint density at radius 1 is 0.778 bits per heavy atom. The monoisotopic (exact) mass is 238 g/mol. The molecule has 0 saturated heterocycles. The molecule has 0 aromatic heterocycles. The Hall–Kier alpha value is -1.56. The first kappa shape index (κ1) is 12.9. The summed E-state index contributed by atoms with van der Waals surface area (Å²) in [6.45, 7) is 4.51. The van der Waals surface area contributed by atoms with Crippen molar-refractivity contribution in [3.05, 3.63) is 71.3 Å². The lowest BCUT2D eigenvalue weighted by molar-refractivity contribution is 0.811. The SMILES string of the molecule is CC(C)c1cccc(CCCc2ccccc2)c1. The van der Waals surface area contributed by atoms with Crippen LogP contribution in [0, 0.1) is 0 Å². The maximum absolute atomic E-state index is 2.36. The number of benzene rings is 2. The van der Waals surface area contributed by atoms with Crippen LogP contribution in [0.3, 0.4) is 0 Å². The maximum atomic E-state index is 2.36. The van der Waals surface area contributed by atoms with Crippen LogP contribution >= 0.6 is 0 Å². The summed E-state index contributed by atoms with van der Waals surface area (Å²) in [5.74, 6) is 0.624. The third-order valence-electron chi connectivity index (χ3n) is 3.39. The van der Waals surface area contributed by atoms with Gasteiger partial charge in [0.1, 0.15) is 0 Å². The molecule has 0 unspecified atom stereocenters. The second kappa shape index (κ2) is 6.39. The molecule has 0 spiro atoms. The minimum absolute atomic E-state index is 0.624. The zero-order valence-corrected chi connectivity index (χ0v) is 11.4. The lowest BCUT2D eigenvalue weighted by Gasteiger charge is -2.08. The topological polar surface area (TPSA) is 0 Å². The minimum Gasteiger partial charge on any atom is -0.0622 e. The van der Waals surface area contributed by atoms with Gasteiger partial charge in [-0.3, -0.25) is 0 Å². The Bertz CT molecular complexity index is 468. The van der Waals surface area contributed by atoms with E-state index >= 15 is 0 Å². The molecule has 0 nitrogen and oxygen atoms in total. The Morgan fingerprint density at radius 3 is 2.17 bits per heavy atom. The van der Waals surface area contributed by atoms with Gasteiger partial charge in [0.05, 0.1) is 0 Å². The first-order valence-electron chi connectivity index (χ1n) is 6.88. The fourth-order valence-electron chi connectivity index (χ4n) is 2.25. The van der Waals surface area contributed by atoms with E-state index in [4.69, 9.17) is 0 Å². The molecule has 0 saturated carbocycles. The quantitative estimate of drug-likeness (QED) is 0.688. The first-order valence-corrected chi connectivity index (χ1v) is 6.88. The van der Waals surface area contributed by atoms with Crippen LogP contribution < -0.4 is 0 Å². The number of aryl methyl sites for hydroxylation is 2. The maximum Gasteiger partial charge on any atom is -0.0219 e. The zero-order valence-electron chi connectivity index (χ0n) is 11.4. The smallest absolute Gasteiger partial charge is 0.0219 e. The van der Waals surface area contributed by atoms with Crippen molar-refractivity contribution in [3.8, 4) is 0 Å². The van der Waals surface area contributed by atoms with E-state index in [9.17, 15) is 0 Å². The van der Waals surface area contributed by atoms with E-state index in [1.807, 2.05) is 0 Å². The lowest BCUT2D eigenvalue weighted by atomic mass is 9.98. The van der Waals surface area contributed by atoms with Crippen molar-refractivity contribution in [2.45, 2.75) is 39.0 Å². The molecule has 0 radical (unpaired) electrons. The predicted octanol–water partition coefficient (Wildman–Crippen LogP) is 4.99. The van der Waals surface area contributed by atoms with Gasteiger partial charge in [0.15, 0.2) is 0 Å². The van der Waals surface area contributed by atoms with Gasteiger partial charge in [-0.15, -0.1) is 0 Å². The van der Waals surface area contributed by atoms with Gasteiger partial charge in [-0.25, -0.2) is 0 Å². The fraction of sp³-hybridized carbons (Fsp3) is 0.333. The van der Waals surface area contributed by atoms with Gasteiger partial charge in [-0.1, -0.05) is 68.4 Å². The molecule has 0 aliphatic rings. The highest BCUT2D eigenvalue weighted by atomic mass is 14.1. The van der Waals surface area contributed by atoms with E-state index in [0.29, 0.717) is 5.92 Å². The van der Waals surface area contributed by atoms with Gasteiger partial charge < -0.3 is 0 Å². The van der Waals surface area contributed by atoms with Crippen LogP contribution in [-0.4, -0.2) is 0 Å². The summed E-state index contributed by atoms with van der Waals surface area (Å²) >= 11 is 0. The molecule has 0 N–H and O–H groups in total. The van der Waals surface area contributed by atoms with E-state index < -0.39 is 0 Å². The van der Waals surface area contributed by atoms with Crippen molar-refractivity contribution in [1.82, 2.24) is 0 Å². The molecule has 2 aromatic rings. The predicted molar refractivity (Wildman–Crippen MR) is 79.0 cm³/mol. The van der Waals surface area contributed by atoms with Crippen LogP contribution in [0.25, 0.3) is 0 Å². The Kier molecular flexibility index (Phi) is 4.58. The normalized spacial score (nSPS) is 10.8. The summed E-state index contributed by atoms with van der Waals surface area (Å²) in [7, 11) is 0. The minimum atomic E-state index is 0.624. The highest BCUT2D eigenvalue weighted by molar-refractivity contribution is 5.26. The van der Waals surface area contributed by atoms with Gasteiger partial charge in [0.25, 0.3) is 0 Å². The molecule has 0 amide bonds. The fourth-order valence-corrected chi connectivity index (χ4v) is 2.25. The first-order chi connectivity index (χ1) is 8.75. The molecule has 0 aliphatic heterocycles. The third kappa shape index (κ3) is 3.73.